The molecule has 0 aliphatic carbocycles. The SMILES string of the molecule is CC(=O)NC(CSc1ccc(OCc2ccccc2)cc1)C(=O)N1CCCC1. The normalized spacial score (nSPS) is 14.5. The van der Waals surface area contributed by atoms with Crippen LogP contribution in [0.25, 0.3) is 0 Å². The van der Waals surface area contributed by atoms with E-state index in [-0.39, 0.29) is 11.8 Å². The maximum absolute atomic E-state index is 12.7. The summed E-state index contributed by atoms with van der Waals surface area (Å²) in [5.74, 6) is 1.16. The van der Waals surface area contributed by atoms with Gasteiger partial charge >= 0.3 is 0 Å². The lowest BCUT2D eigenvalue weighted by Crippen LogP contribution is -2.48. The van der Waals surface area contributed by atoms with Crippen molar-refractivity contribution in [3.05, 3.63) is 60.2 Å². The molecule has 0 saturated carbocycles. The first-order valence-electron chi connectivity index (χ1n) is 9.57. The lowest BCUT2D eigenvalue weighted by molar-refractivity contribution is -0.134. The maximum atomic E-state index is 12.7. The highest BCUT2D eigenvalue weighted by molar-refractivity contribution is 7.99. The average Bonchev–Trinajstić information content (AvgIpc) is 3.25. The van der Waals surface area contributed by atoms with Crippen molar-refractivity contribution in [2.24, 2.45) is 0 Å². The number of nitrogens with zero attached hydrogens (tertiary/aromatic N) is 1. The Morgan fingerprint density at radius 1 is 1.07 bits per heavy atom. The molecule has 1 aliphatic heterocycles. The molecule has 2 aromatic rings. The minimum atomic E-state index is -0.491. The molecule has 3 rings (SSSR count). The van der Waals surface area contributed by atoms with Crippen LogP contribution in [0.4, 0.5) is 0 Å². The summed E-state index contributed by atoms with van der Waals surface area (Å²) in [6, 6.07) is 17.4. The second-order valence-corrected chi connectivity index (χ2v) is 7.94. The van der Waals surface area contributed by atoms with Crippen molar-refractivity contribution in [3.8, 4) is 5.75 Å². The molecule has 28 heavy (non-hydrogen) atoms. The third-order valence-corrected chi connectivity index (χ3v) is 5.69. The van der Waals surface area contributed by atoms with E-state index in [1.807, 2.05) is 59.5 Å². The first kappa shape index (κ1) is 20.3. The second kappa shape index (κ2) is 10.2. The fourth-order valence-electron chi connectivity index (χ4n) is 3.13. The van der Waals surface area contributed by atoms with Gasteiger partial charge in [0.15, 0.2) is 0 Å². The quantitative estimate of drug-likeness (QED) is 0.692. The van der Waals surface area contributed by atoms with Crippen LogP contribution >= 0.6 is 11.8 Å². The molecule has 1 N–H and O–H groups in total. The molecule has 5 nitrogen and oxygen atoms in total. The predicted octanol–water partition coefficient (Wildman–Crippen LogP) is 3.48. The maximum Gasteiger partial charge on any atom is 0.246 e. The van der Waals surface area contributed by atoms with Gasteiger partial charge in [0, 0.05) is 30.7 Å². The summed E-state index contributed by atoms with van der Waals surface area (Å²) in [5, 5.41) is 2.80. The zero-order valence-electron chi connectivity index (χ0n) is 16.1. The van der Waals surface area contributed by atoms with E-state index >= 15 is 0 Å². The van der Waals surface area contributed by atoms with Gasteiger partial charge in [-0.25, -0.2) is 0 Å². The molecule has 1 heterocycles. The van der Waals surface area contributed by atoms with Crippen LogP contribution in [-0.2, 0) is 16.2 Å². The van der Waals surface area contributed by atoms with Gasteiger partial charge in [-0.2, -0.15) is 0 Å². The van der Waals surface area contributed by atoms with Crippen molar-refractivity contribution in [3.63, 3.8) is 0 Å². The van der Waals surface area contributed by atoms with E-state index in [4.69, 9.17) is 4.74 Å². The Morgan fingerprint density at radius 3 is 2.39 bits per heavy atom. The number of hydrogen-bond donors (Lipinski definition) is 1. The van der Waals surface area contributed by atoms with Gasteiger partial charge < -0.3 is 15.0 Å². The summed E-state index contributed by atoms with van der Waals surface area (Å²) in [7, 11) is 0. The van der Waals surface area contributed by atoms with Crippen LogP contribution in [0, 0.1) is 0 Å². The molecule has 2 aromatic carbocycles. The van der Waals surface area contributed by atoms with Gasteiger partial charge in [0.2, 0.25) is 11.8 Å². The number of likely N-dealkylation sites (tertiary alicyclic amines) is 1. The molecule has 1 aliphatic rings. The molecule has 6 heteroatoms. The average molecular weight is 399 g/mol. The fraction of sp³-hybridized carbons (Fsp3) is 0.364. The molecule has 1 saturated heterocycles. The van der Waals surface area contributed by atoms with Gasteiger partial charge in [0.1, 0.15) is 18.4 Å². The predicted molar refractivity (Wildman–Crippen MR) is 111 cm³/mol. The highest BCUT2D eigenvalue weighted by Crippen LogP contribution is 2.23. The van der Waals surface area contributed by atoms with Gasteiger partial charge in [-0.1, -0.05) is 30.3 Å². The van der Waals surface area contributed by atoms with Crippen molar-refractivity contribution in [1.82, 2.24) is 10.2 Å². The van der Waals surface area contributed by atoms with Gasteiger partial charge in [-0.15, -0.1) is 11.8 Å². The first-order valence-corrected chi connectivity index (χ1v) is 10.6. The lowest BCUT2D eigenvalue weighted by atomic mass is 10.2. The number of thioether (sulfide) groups is 1. The summed E-state index contributed by atoms with van der Waals surface area (Å²) in [4.78, 5) is 27.1. The molecule has 0 radical (unpaired) electrons. The third kappa shape index (κ3) is 6.02. The van der Waals surface area contributed by atoms with Crippen molar-refractivity contribution in [1.29, 1.82) is 0 Å². The number of amides is 2. The Morgan fingerprint density at radius 2 is 1.75 bits per heavy atom. The number of hydrogen-bond acceptors (Lipinski definition) is 4. The van der Waals surface area contributed by atoms with E-state index in [1.54, 1.807) is 11.8 Å². The summed E-state index contributed by atoms with van der Waals surface area (Å²) in [6.45, 7) is 3.55. The molecule has 0 spiro atoms. The Balaban J connectivity index is 1.52. The van der Waals surface area contributed by atoms with Crippen LogP contribution < -0.4 is 10.1 Å². The van der Waals surface area contributed by atoms with Crippen LogP contribution in [0.2, 0.25) is 0 Å². The second-order valence-electron chi connectivity index (χ2n) is 6.84. The third-order valence-electron chi connectivity index (χ3n) is 4.58. The van der Waals surface area contributed by atoms with Crippen molar-refractivity contribution in [2.75, 3.05) is 18.8 Å². The molecule has 0 aromatic heterocycles. The molecule has 1 fully saturated rings. The Bertz CT molecular complexity index is 774. The number of carbonyl (C=O) groups excluding carboxylic acids is 2. The van der Waals surface area contributed by atoms with Crippen molar-refractivity contribution in [2.45, 2.75) is 37.3 Å². The highest BCUT2D eigenvalue weighted by Gasteiger charge is 2.27. The molecule has 1 atom stereocenters. The van der Waals surface area contributed by atoms with E-state index in [0.29, 0.717) is 12.4 Å². The first-order chi connectivity index (χ1) is 13.6. The molecular formula is C22H26N2O3S. The number of nitrogens with one attached hydrogen (secondary N) is 1. The summed E-state index contributed by atoms with van der Waals surface area (Å²) in [5.41, 5.74) is 1.12. The monoisotopic (exact) mass is 398 g/mol. The minimum absolute atomic E-state index is 0.0167. The number of rotatable bonds is 8. The number of carbonyl (C=O) groups is 2. The molecule has 1 unspecified atom stereocenters. The lowest BCUT2D eigenvalue weighted by Gasteiger charge is -2.23. The summed E-state index contributed by atoms with van der Waals surface area (Å²) < 4.78 is 5.80. The van der Waals surface area contributed by atoms with E-state index in [9.17, 15) is 9.59 Å². The zero-order chi connectivity index (χ0) is 19.8. The van der Waals surface area contributed by atoms with Crippen LogP contribution in [-0.4, -0.2) is 41.6 Å². The minimum Gasteiger partial charge on any atom is -0.489 e. The van der Waals surface area contributed by atoms with Crippen LogP contribution in [0.3, 0.4) is 0 Å². The molecular weight excluding hydrogens is 372 g/mol. The van der Waals surface area contributed by atoms with Gasteiger partial charge in [0.05, 0.1) is 0 Å². The van der Waals surface area contributed by atoms with Gasteiger partial charge in [0.25, 0.3) is 0 Å². The summed E-state index contributed by atoms with van der Waals surface area (Å²) >= 11 is 1.56. The smallest absolute Gasteiger partial charge is 0.246 e. The molecule has 2 amide bonds. The van der Waals surface area contributed by atoms with E-state index < -0.39 is 6.04 Å². The Hall–Kier alpha value is -2.47. The van der Waals surface area contributed by atoms with Crippen molar-refractivity contribution >= 4 is 23.6 Å². The van der Waals surface area contributed by atoms with E-state index in [0.717, 1.165) is 42.1 Å². The van der Waals surface area contributed by atoms with Gasteiger partial charge in [-0.3, -0.25) is 9.59 Å². The topological polar surface area (TPSA) is 58.6 Å². The number of ether oxygens (including phenoxy) is 1. The van der Waals surface area contributed by atoms with E-state index in [1.165, 1.54) is 6.92 Å². The van der Waals surface area contributed by atoms with Crippen LogP contribution in [0.5, 0.6) is 5.75 Å². The van der Waals surface area contributed by atoms with Crippen LogP contribution in [0.15, 0.2) is 59.5 Å². The zero-order valence-corrected chi connectivity index (χ0v) is 16.9. The van der Waals surface area contributed by atoms with Crippen LogP contribution in [0.1, 0.15) is 25.3 Å². The number of benzene rings is 2. The Labute approximate surface area is 170 Å². The highest BCUT2D eigenvalue weighted by atomic mass is 32.2. The fourth-order valence-corrected chi connectivity index (χ4v) is 4.04. The summed E-state index contributed by atoms with van der Waals surface area (Å²) in [6.07, 6.45) is 2.08. The standard InChI is InChI=1S/C22H26N2O3S/c1-17(25)23-21(22(26)24-13-5-6-14-24)16-28-20-11-9-19(10-12-20)27-15-18-7-3-2-4-8-18/h2-4,7-12,21H,5-6,13-16H2,1H3,(H,23,25). The van der Waals surface area contributed by atoms with Crippen molar-refractivity contribution < 1.29 is 14.3 Å². The van der Waals surface area contributed by atoms with E-state index in [2.05, 4.69) is 5.32 Å². The van der Waals surface area contributed by atoms with Gasteiger partial charge in [-0.05, 0) is 42.7 Å². The Kier molecular flexibility index (Phi) is 7.37. The largest absolute Gasteiger partial charge is 0.489 e. The molecule has 0 bridgehead atoms. The molecule has 148 valence electrons.